The Bertz CT molecular complexity index is 836. The molecule has 0 aliphatic rings. The number of hydrogen-bond acceptors (Lipinski definition) is 3. The van der Waals surface area contributed by atoms with Crippen LogP contribution in [0, 0.1) is 6.92 Å². The third kappa shape index (κ3) is 2.93. The fourth-order valence-corrected chi connectivity index (χ4v) is 3.06. The van der Waals surface area contributed by atoms with Crippen molar-refractivity contribution in [3.63, 3.8) is 0 Å². The Morgan fingerprint density at radius 1 is 1.22 bits per heavy atom. The molecule has 1 unspecified atom stereocenters. The fourth-order valence-electron chi connectivity index (χ4n) is 3.06. The van der Waals surface area contributed by atoms with E-state index in [4.69, 9.17) is 4.74 Å². The number of H-pyrrole nitrogens is 1. The minimum atomic E-state index is -1.07. The Hall–Kier alpha value is -2.75. The Balaban J connectivity index is 2.10. The first kappa shape index (κ1) is 15.2. The zero-order valence-electron chi connectivity index (χ0n) is 13.1. The predicted octanol–water partition coefficient (Wildman–Crippen LogP) is 2.56. The maximum absolute atomic E-state index is 11.8. The third-order valence-corrected chi connectivity index (χ3v) is 4.16. The van der Waals surface area contributed by atoms with E-state index in [0.29, 0.717) is 12.2 Å². The molecule has 1 heterocycles. The molecule has 0 aliphatic heterocycles. The molecule has 0 fully saturated rings. The van der Waals surface area contributed by atoms with Gasteiger partial charge in [-0.25, -0.2) is 0 Å². The Kier molecular flexibility index (Phi) is 4.06. The quantitative estimate of drug-likeness (QED) is 0.788. The first-order valence-corrected chi connectivity index (χ1v) is 7.51. The van der Waals surface area contributed by atoms with Crippen LogP contribution in [-0.4, -0.2) is 18.1 Å². The molecule has 23 heavy (non-hydrogen) atoms. The largest absolute Gasteiger partial charge is 0.549 e. The highest BCUT2D eigenvalue weighted by Gasteiger charge is 2.21. The van der Waals surface area contributed by atoms with E-state index < -0.39 is 11.9 Å². The summed E-state index contributed by atoms with van der Waals surface area (Å²) in [6.07, 6.45) is 0.397. The maximum atomic E-state index is 11.8. The molecule has 3 aromatic rings. The van der Waals surface area contributed by atoms with E-state index >= 15 is 0 Å². The normalized spacial score (nSPS) is 12.3. The molecule has 1 N–H and O–H groups in total. The number of carboxylic acids is 1. The SMILES string of the molecule is COc1ccc2[nH]c(C)c(C(Cc3ccccc3)C(=O)[O-])c2c1. The molecule has 3 rings (SSSR count). The molecule has 1 aromatic heterocycles. The molecule has 0 saturated carbocycles. The lowest BCUT2D eigenvalue weighted by Crippen LogP contribution is -2.31. The van der Waals surface area contributed by atoms with Gasteiger partial charge < -0.3 is 19.6 Å². The van der Waals surface area contributed by atoms with Crippen LogP contribution in [0.1, 0.15) is 22.7 Å². The van der Waals surface area contributed by atoms with Gasteiger partial charge in [-0.2, -0.15) is 0 Å². The Labute approximate surface area is 134 Å². The van der Waals surface area contributed by atoms with Gasteiger partial charge in [0.05, 0.1) is 7.11 Å². The van der Waals surface area contributed by atoms with Crippen molar-refractivity contribution in [2.45, 2.75) is 19.3 Å². The minimum Gasteiger partial charge on any atom is -0.549 e. The number of ether oxygens (including phenoxy) is 1. The molecule has 0 spiro atoms. The van der Waals surface area contributed by atoms with Crippen molar-refractivity contribution in [2.75, 3.05) is 7.11 Å². The first-order chi connectivity index (χ1) is 11.1. The van der Waals surface area contributed by atoms with Crippen LogP contribution in [0.25, 0.3) is 10.9 Å². The van der Waals surface area contributed by atoms with Crippen LogP contribution in [0.3, 0.4) is 0 Å². The highest BCUT2D eigenvalue weighted by molar-refractivity contribution is 5.91. The number of carbonyl (C=O) groups is 1. The topological polar surface area (TPSA) is 65.2 Å². The van der Waals surface area contributed by atoms with Crippen molar-refractivity contribution >= 4 is 16.9 Å². The minimum absolute atomic E-state index is 0.397. The van der Waals surface area contributed by atoms with E-state index in [2.05, 4.69) is 4.98 Å². The van der Waals surface area contributed by atoms with Crippen LogP contribution < -0.4 is 9.84 Å². The summed E-state index contributed by atoms with van der Waals surface area (Å²) >= 11 is 0. The summed E-state index contributed by atoms with van der Waals surface area (Å²) in [6, 6.07) is 15.2. The fraction of sp³-hybridized carbons (Fsp3) is 0.211. The number of rotatable bonds is 5. The smallest absolute Gasteiger partial charge is 0.119 e. The van der Waals surface area contributed by atoms with Crippen molar-refractivity contribution in [1.29, 1.82) is 0 Å². The van der Waals surface area contributed by atoms with E-state index in [1.165, 1.54) is 0 Å². The van der Waals surface area contributed by atoms with E-state index in [1.807, 2.05) is 55.5 Å². The molecule has 4 heteroatoms. The summed E-state index contributed by atoms with van der Waals surface area (Å²) < 4.78 is 5.27. The number of aromatic nitrogens is 1. The molecule has 118 valence electrons. The van der Waals surface area contributed by atoms with Gasteiger partial charge in [0.25, 0.3) is 0 Å². The number of aliphatic carboxylic acids is 1. The van der Waals surface area contributed by atoms with Crippen LogP contribution in [0.4, 0.5) is 0 Å². The average Bonchev–Trinajstić information content (AvgIpc) is 2.88. The lowest BCUT2D eigenvalue weighted by molar-refractivity contribution is -0.308. The van der Waals surface area contributed by atoms with Gasteiger partial charge in [-0.3, -0.25) is 0 Å². The predicted molar refractivity (Wildman–Crippen MR) is 87.5 cm³/mol. The van der Waals surface area contributed by atoms with Gasteiger partial charge in [0.15, 0.2) is 0 Å². The molecular weight excluding hydrogens is 290 g/mol. The van der Waals surface area contributed by atoms with Crippen LogP contribution in [0.2, 0.25) is 0 Å². The summed E-state index contributed by atoms with van der Waals surface area (Å²) in [4.78, 5) is 15.0. The van der Waals surface area contributed by atoms with Gasteiger partial charge >= 0.3 is 0 Å². The van der Waals surface area contributed by atoms with Gasteiger partial charge in [-0.1, -0.05) is 30.3 Å². The monoisotopic (exact) mass is 308 g/mol. The summed E-state index contributed by atoms with van der Waals surface area (Å²) in [7, 11) is 1.60. The first-order valence-electron chi connectivity index (χ1n) is 7.51. The summed E-state index contributed by atoms with van der Waals surface area (Å²) in [5.74, 6) is -1.08. The van der Waals surface area contributed by atoms with E-state index in [0.717, 1.165) is 27.7 Å². The van der Waals surface area contributed by atoms with Crippen molar-refractivity contribution in [2.24, 2.45) is 0 Å². The van der Waals surface area contributed by atoms with Gasteiger partial charge in [0.2, 0.25) is 0 Å². The number of carboxylic acid groups (broad SMARTS) is 1. The molecule has 0 amide bonds. The van der Waals surface area contributed by atoms with Crippen LogP contribution in [0.5, 0.6) is 5.75 Å². The Morgan fingerprint density at radius 3 is 2.61 bits per heavy atom. The highest BCUT2D eigenvalue weighted by atomic mass is 16.5. The number of hydrogen-bond donors (Lipinski definition) is 1. The molecule has 2 aromatic carbocycles. The molecule has 0 aliphatic carbocycles. The highest BCUT2D eigenvalue weighted by Crippen LogP contribution is 2.33. The average molecular weight is 308 g/mol. The van der Waals surface area contributed by atoms with Gasteiger partial charge in [-0.05, 0) is 42.7 Å². The van der Waals surface area contributed by atoms with Crippen LogP contribution in [-0.2, 0) is 11.2 Å². The Morgan fingerprint density at radius 2 is 1.96 bits per heavy atom. The second kappa shape index (κ2) is 6.16. The number of fused-ring (bicyclic) bond motifs is 1. The van der Waals surface area contributed by atoms with Crippen molar-refractivity contribution < 1.29 is 14.6 Å². The summed E-state index contributed by atoms with van der Waals surface area (Å²) in [6.45, 7) is 1.89. The van der Waals surface area contributed by atoms with Gasteiger partial charge in [0, 0.05) is 28.5 Å². The number of nitrogens with one attached hydrogen (secondary N) is 1. The van der Waals surface area contributed by atoms with Crippen LogP contribution in [0.15, 0.2) is 48.5 Å². The lowest BCUT2D eigenvalue weighted by Gasteiger charge is -2.19. The lowest BCUT2D eigenvalue weighted by atomic mass is 9.90. The molecule has 0 radical (unpaired) electrons. The summed E-state index contributed by atoms with van der Waals surface area (Å²) in [5.41, 5.74) is 3.48. The zero-order chi connectivity index (χ0) is 16.4. The number of benzene rings is 2. The standard InChI is InChI=1S/C19H19NO3/c1-12-18(15-11-14(23-2)8-9-17(15)20-12)16(19(21)22)10-13-6-4-3-5-7-13/h3-9,11,16,20H,10H2,1-2H3,(H,21,22)/p-1. The zero-order valence-corrected chi connectivity index (χ0v) is 13.1. The number of aromatic amines is 1. The van der Waals surface area contributed by atoms with Crippen molar-refractivity contribution in [3.05, 3.63) is 65.4 Å². The molecule has 4 nitrogen and oxygen atoms in total. The second-order valence-corrected chi connectivity index (χ2v) is 5.64. The van der Waals surface area contributed by atoms with E-state index in [1.54, 1.807) is 7.11 Å². The van der Waals surface area contributed by atoms with Gasteiger partial charge in [-0.15, -0.1) is 0 Å². The number of methoxy groups -OCH3 is 1. The van der Waals surface area contributed by atoms with Crippen molar-refractivity contribution in [1.82, 2.24) is 4.98 Å². The van der Waals surface area contributed by atoms with Gasteiger partial charge in [0.1, 0.15) is 5.75 Å². The maximum Gasteiger partial charge on any atom is 0.119 e. The number of carbonyl (C=O) groups excluding carboxylic acids is 1. The summed E-state index contributed by atoms with van der Waals surface area (Å²) in [5, 5.41) is 12.7. The second-order valence-electron chi connectivity index (χ2n) is 5.64. The van der Waals surface area contributed by atoms with E-state index in [9.17, 15) is 9.90 Å². The molecule has 0 saturated heterocycles. The van der Waals surface area contributed by atoms with Crippen molar-refractivity contribution in [3.8, 4) is 5.75 Å². The van der Waals surface area contributed by atoms with Crippen LogP contribution >= 0.6 is 0 Å². The number of aryl methyl sites for hydroxylation is 1. The van der Waals surface area contributed by atoms with E-state index in [-0.39, 0.29) is 0 Å². The molecular formula is C19H18NO3-. The molecule has 1 atom stereocenters. The molecule has 0 bridgehead atoms. The third-order valence-electron chi connectivity index (χ3n) is 4.16.